The minimum Gasteiger partial charge on any atom is -0.391 e. The van der Waals surface area contributed by atoms with Crippen LogP contribution in [0.2, 0.25) is 0 Å². The summed E-state index contributed by atoms with van der Waals surface area (Å²) in [4.78, 5) is 13.0. The number of nitrogens with zero attached hydrogens (tertiary/aromatic N) is 1. The zero-order valence-electron chi connectivity index (χ0n) is 8.90. The van der Waals surface area contributed by atoms with Crippen LogP contribution in [0.5, 0.6) is 0 Å². The Morgan fingerprint density at radius 1 is 1.56 bits per heavy atom. The molecular formula is C11H13FN2O2. The molecule has 1 fully saturated rings. The van der Waals surface area contributed by atoms with Crippen molar-refractivity contribution in [2.24, 2.45) is 0 Å². The highest BCUT2D eigenvalue weighted by Crippen LogP contribution is 2.30. The van der Waals surface area contributed by atoms with Gasteiger partial charge in [-0.15, -0.1) is 0 Å². The van der Waals surface area contributed by atoms with Crippen LogP contribution in [-0.4, -0.2) is 30.7 Å². The van der Waals surface area contributed by atoms with Crippen LogP contribution in [0.1, 0.15) is 6.42 Å². The van der Waals surface area contributed by atoms with E-state index in [2.05, 4.69) is 5.32 Å². The zero-order valence-corrected chi connectivity index (χ0v) is 8.90. The van der Waals surface area contributed by atoms with Gasteiger partial charge in [-0.1, -0.05) is 0 Å². The highest BCUT2D eigenvalue weighted by atomic mass is 19.1. The number of hydrogen-bond acceptors (Lipinski definition) is 3. The van der Waals surface area contributed by atoms with E-state index >= 15 is 0 Å². The van der Waals surface area contributed by atoms with E-state index in [-0.39, 0.29) is 18.9 Å². The minimum absolute atomic E-state index is 0.0969. The Balaban J connectivity index is 2.39. The van der Waals surface area contributed by atoms with Crippen molar-refractivity contribution < 1.29 is 14.3 Å². The first kappa shape index (κ1) is 10.9. The van der Waals surface area contributed by atoms with E-state index in [0.29, 0.717) is 11.4 Å². The molecule has 2 N–H and O–H groups in total. The Bertz CT molecular complexity index is 422. The maximum atomic E-state index is 13.1. The van der Waals surface area contributed by atoms with Crippen molar-refractivity contribution in [2.75, 3.05) is 23.8 Å². The molecule has 5 heteroatoms. The van der Waals surface area contributed by atoms with Crippen LogP contribution >= 0.6 is 0 Å². The second kappa shape index (κ2) is 4.09. The molecule has 86 valence electrons. The molecule has 16 heavy (non-hydrogen) atoms. The second-order valence-corrected chi connectivity index (χ2v) is 3.77. The Kier molecular flexibility index (Phi) is 2.78. The van der Waals surface area contributed by atoms with E-state index in [0.717, 1.165) is 0 Å². The normalized spacial score (nSPS) is 20.3. The summed E-state index contributed by atoms with van der Waals surface area (Å²) in [6, 6.07) is 4.19. The van der Waals surface area contributed by atoms with Crippen LogP contribution in [0.3, 0.4) is 0 Å². The standard InChI is InChI=1S/C11H13FN2O2/c1-13-9-3-2-7(12)4-10(9)14-6-8(15)5-11(14)16/h2-4,8,13,15H,5-6H2,1H3. The van der Waals surface area contributed by atoms with Crippen LogP contribution in [0, 0.1) is 5.82 Å². The van der Waals surface area contributed by atoms with E-state index in [4.69, 9.17) is 0 Å². The number of aliphatic hydroxyl groups is 1. The Hall–Kier alpha value is -1.62. The first-order valence-electron chi connectivity index (χ1n) is 5.07. The van der Waals surface area contributed by atoms with Crippen molar-refractivity contribution in [3.05, 3.63) is 24.0 Å². The summed E-state index contributed by atoms with van der Waals surface area (Å²) in [5, 5.41) is 12.3. The minimum atomic E-state index is -0.666. The van der Waals surface area contributed by atoms with Crippen LogP contribution in [-0.2, 0) is 4.79 Å². The van der Waals surface area contributed by atoms with Gasteiger partial charge in [-0.25, -0.2) is 4.39 Å². The molecular weight excluding hydrogens is 211 g/mol. The number of carbonyl (C=O) groups is 1. The smallest absolute Gasteiger partial charge is 0.229 e. The Labute approximate surface area is 92.7 Å². The molecule has 1 amide bonds. The maximum absolute atomic E-state index is 13.1. The lowest BCUT2D eigenvalue weighted by atomic mass is 10.2. The average Bonchev–Trinajstić information content (AvgIpc) is 2.57. The molecule has 1 saturated heterocycles. The molecule has 1 aromatic rings. The number of nitrogens with one attached hydrogen (secondary N) is 1. The van der Waals surface area contributed by atoms with Gasteiger partial charge in [0, 0.05) is 7.05 Å². The van der Waals surface area contributed by atoms with Crippen LogP contribution < -0.4 is 10.2 Å². The summed E-state index contributed by atoms with van der Waals surface area (Å²) in [6.07, 6.45) is -0.569. The van der Waals surface area contributed by atoms with E-state index < -0.39 is 11.9 Å². The zero-order chi connectivity index (χ0) is 11.7. The molecule has 1 aliphatic rings. The van der Waals surface area contributed by atoms with Gasteiger partial charge in [0.25, 0.3) is 0 Å². The molecule has 0 aromatic heterocycles. The molecule has 1 unspecified atom stereocenters. The quantitative estimate of drug-likeness (QED) is 0.786. The Morgan fingerprint density at radius 2 is 2.31 bits per heavy atom. The molecule has 0 aliphatic carbocycles. The number of anilines is 2. The van der Waals surface area contributed by atoms with Gasteiger partial charge in [0.1, 0.15) is 5.82 Å². The maximum Gasteiger partial charge on any atom is 0.229 e. The third-order valence-electron chi connectivity index (χ3n) is 2.62. The number of β-amino-alcohol motifs (C(OH)–C–C–N with tert-alkyl or cyclic N) is 1. The number of rotatable bonds is 2. The van der Waals surface area contributed by atoms with Crippen LogP contribution in [0.15, 0.2) is 18.2 Å². The fourth-order valence-corrected chi connectivity index (χ4v) is 1.86. The summed E-state index contributed by atoms with van der Waals surface area (Å²) in [5.74, 6) is -0.585. The van der Waals surface area contributed by atoms with E-state index in [1.165, 1.54) is 17.0 Å². The first-order chi connectivity index (χ1) is 7.61. The monoisotopic (exact) mass is 224 g/mol. The topological polar surface area (TPSA) is 52.6 Å². The summed E-state index contributed by atoms with van der Waals surface area (Å²) >= 11 is 0. The fraction of sp³-hybridized carbons (Fsp3) is 0.364. The van der Waals surface area contributed by atoms with Gasteiger partial charge in [-0.3, -0.25) is 4.79 Å². The van der Waals surface area contributed by atoms with Crippen molar-refractivity contribution in [3.63, 3.8) is 0 Å². The van der Waals surface area contributed by atoms with Crippen molar-refractivity contribution in [2.45, 2.75) is 12.5 Å². The van der Waals surface area contributed by atoms with Crippen LogP contribution in [0.4, 0.5) is 15.8 Å². The molecule has 0 bridgehead atoms. The van der Waals surface area contributed by atoms with Crippen molar-refractivity contribution in [1.82, 2.24) is 0 Å². The van der Waals surface area contributed by atoms with Gasteiger partial charge in [-0.05, 0) is 18.2 Å². The Morgan fingerprint density at radius 3 is 2.88 bits per heavy atom. The van der Waals surface area contributed by atoms with E-state index in [1.807, 2.05) is 0 Å². The highest BCUT2D eigenvalue weighted by Gasteiger charge is 2.30. The molecule has 1 atom stereocenters. The third kappa shape index (κ3) is 1.86. The van der Waals surface area contributed by atoms with E-state index in [9.17, 15) is 14.3 Å². The second-order valence-electron chi connectivity index (χ2n) is 3.77. The number of benzene rings is 1. The van der Waals surface area contributed by atoms with Gasteiger partial charge in [0.05, 0.1) is 30.4 Å². The van der Waals surface area contributed by atoms with Gasteiger partial charge in [0.2, 0.25) is 5.91 Å². The molecule has 1 heterocycles. The highest BCUT2D eigenvalue weighted by molar-refractivity contribution is 5.99. The fourth-order valence-electron chi connectivity index (χ4n) is 1.86. The lowest BCUT2D eigenvalue weighted by Crippen LogP contribution is -2.26. The predicted molar refractivity (Wildman–Crippen MR) is 58.9 cm³/mol. The van der Waals surface area contributed by atoms with Gasteiger partial charge in [0.15, 0.2) is 0 Å². The lowest BCUT2D eigenvalue weighted by molar-refractivity contribution is -0.117. The number of hydrogen-bond donors (Lipinski definition) is 2. The summed E-state index contributed by atoms with van der Waals surface area (Å²) in [7, 11) is 1.70. The summed E-state index contributed by atoms with van der Waals surface area (Å²) in [6.45, 7) is 0.219. The molecule has 1 aliphatic heterocycles. The number of halogens is 1. The molecule has 1 aromatic carbocycles. The number of carbonyl (C=O) groups excluding carboxylic acids is 1. The lowest BCUT2D eigenvalue weighted by Gasteiger charge is -2.19. The number of amides is 1. The SMILES string of the molecule is CNc1ccc(F)cc1N1CC(O)CC1=O. The van der Waals surface area contributed by atoms with Crippen molar-refractivity contribution >= 4 is 17.3 Å². The number of aliphatic hydroxyl groups excluding tert-OH is 1. The molecule has 0 spiro atoms. The third-order valence-corrected chi connectivity index (χ3v) is 2.62. The molecule has 4 nitrogen and oxygen atoms in total. The predicted octanol–water partition coefficient (Wildman–Crippen LogP) is 0.965. The van der Waals surface area contributed by atoms with E-state index in [1.54, 1.807) is 13.1 Å². The molecule has 0 radical (unpaired) electrons. The average molecular weight is 224 g/mol. The van der Waals surface area contributed by atoms with Crippen molar-refractivity contribution in [1.29, 1.82) is 0 Å². The largest absolute Gasteiger partial charge is 0.391 e. The molecule has 2 rings (SSSR count). The van der Waals surface area contributed by atoms with Crippen LogP contribution in [0.25, 0.3) is 0 Å². The molecule has 0 saturated carbocycles. The summed E-state index contributed by atoms with van der Waals surface area (Å²) < 4.78 is 13.1. The van der Waals surface area contributed by atoms with Gasteiger partial charge < -0.3 is 15.3 Å². The van der Waals surface area contributed by atoms with Gasteiger partial charge >= 0.3 is 0 Å². The van der Waals surface area contributed by atoms with Crippen molar-refractivity contribution in [3.8, 4) is 0 Å². The first-order valence-corrected chi connectivity index (χ1v) is 5.07. The summed E-state index contributed by atoms with van der Waals surface area (Å²) in [5.41, 5.74) is 1.15. The van der Waals surface area contributed by atoms with Gasteiger partial charge in [-0.2, -0.15) is 0 Å².